The minimum Gasteiger partial charge on any atom is -0.494 e. The number of nitrogens with zero attached hydrogens (tertiary/aromatic N) is 1. The Bertz CT molecular complexity index is 1190. The molecule has 0 aliphatic carbocycles. The molecule has 0 atom stereocenters. The first kappa shape index (κ1) is 25.2. The van der Waals surface area contributed by atoms with Gasteiger partial charge in [-0.2, -0.15) is 5.10 Å². The molecule has 0 heterocycles. The third-order valence-corrected chi connectivity index (χ3v) is 4.86. The SMILES string of the molecule is CCCOc1ccc(C(=O)Oc2ccc(C=NNC(=O)CNC(=O)c3ccccc3C)cc2)cc1. The summed E-state index contributed by atoms with van der Waals surface area (Å²) in [6.45, 7) is 4.26. The maximum absolute atomic E-state index is 12.3. The second kappa shape index (κ2) is 12.7. The molecule has 3 rings (SSSR count). The van der Waals surface area contributed by atoms with E-state index in [1.165, 1.54) is 6.21 Å². The molecule has 0 aromatic heterocycles. The lowest BCUT2D eigenvalue weighted by molar-refractivity contribution is -0.120. The van der Waals surface area contributed by atoms with Gasteiger partial charge in [0.25, 0.3) is 11.8 Å². The van der Waals surface area contributed by atoms with E-state index in [1.54, 1.807) is 60.7 Å². The molecule has 35 heavy (non-hydrogen) atoms. The lowest BCUT2D eigenvalue weighted by atomic mass is 10.1. The first-order valence-corrected chi connectivity index (χ1v) is 11.2. The lowest BCUT2D eigenvalue weighted by Crippen LogP contribution is -2.35. The number of hydrazone groups is 1. The molecular formula is C27H27N3O5. The molecule has 0 saturated heterocycles. The van der Waals surface area contributed by atoms with Crippen molar-refractivity contribution < 1.29 is 23.9 Å². The highest BCUT2D eigenvalue weighted by molar-refractivity contribution is 5.97. The number of carbonyl (C=O) groups is 3. The van der Waals surface area contributed by atoms with Crippen molar-refractivity contribution in [2.45, 2.75) is 20.3 Å². The Morgan fingerprint density at radius 1 is 0.914 bits per heavy atom. The van der Waals surface area contributed by atoms with Crippen LogP contribution in [-0.2, 0) is 4.79 Å². The van der Waals surface area contributed by atoms with Crippen molar-refractivity contribution in [3.8, 4) is 11.5 Å². The number of esters is 1. The third kappa shape index (κ3) is 7.82. The molecule has 180 valence electrons. The fourth-order valence-corrected chi connectivity index (χ4v) is 3.00. The summed E-state index contributed by atoms with van der Waals surface area (Å²) in [5.41, 5.74) is 4.80. The molecule has 0 radical (unpaired) electrons. The summed E-state index contributed by atoms with van der Waals surface area (Å²) in [5.74, 6) is -0.185. The van der Waals surface area contributed by atoms with Gasteiger partial charge in [-0.05, 0) is 79.1 Å². The normalized spacial score (nSPS) is 10.6. The zero-order valence-corrected chi connectivity index (χ0v) is 19.6. The van der Waals surface area contributed by atoms with E-state index < -0.39 is 11.9 Å². The first-order chi connectivity index (χ1) is 17.0. The molecule has 0 spiro atoms. The molecule has 0 bridgehead atoms. The number of hydrogen-bond acceptors (Lipinski definition) is 6. The van der Waals surface area contributed by atoms with Crippen LogP contribution in [0.5, 0.6) is 11.5 Å². The van der Waals surface area contributed by atoms with Crippen LogP contribution in [-0.4, -0.2) is 37.1 Å². The van der Waals surface area contributed by atoms with Gasteiger partial charge in [0.15, 0.2) is 0 Å². The van der Waals surface area contributed by atoms with Crippen LogP contribution in [0.4, 0.5) is 0 Å². The van der Waals surface area contributed by atoms with Gasteiger partial charge in [0, 0.05) is 5.56 Å². The monoisotopic (exact) mass is 473 g/mol. The number of ether oxygens (including phenoxy) is 2. The molecule has 0 aliphatic rings. The molecule has 2 amide bonds. The van der Waals surface area contributed by atoms with Gasteiger partial charge in [0.05, 0.1) is 24.9 Å². The number of nitrogens with one attached hydrogen (secondary N) is 2. The van der Waals surface area contributed by atoms with Crippen molar-refractivity contribution in [2.24, 2.45) is 5.10 Å². The number of rotatable bonds is 10. The van der Waals surface area contributed by atoms with Gasteiger partial charge in [-0.3, -0.25) is 9.59 Å². The maximum Gasteiger partial charge on any atom is 0.343 e. The lowest BCUT2D eigenvalue weighted by Gasteiger charge is -2.07. The molecule has 2 N–H and O–H groups in total. The standard InChI is InChI=1S/C27H27N3O5/c1-3-16-34-22-14-10-21(11-15-22)27(33)35-23-12-8-20(9-13-23)17-29-30-25(31)18-28-26(32)24-7-5-4-6-19(24)2/h4-15,17H,3,16,18H2,1-2H3,(H,28,32)(H,30,31). The second-order valence-electron chi connectivity index (χ2n) is 7.62. The summed E-state index contributed by atoms with van der Waals surface area (Å²) in [4.78, 5) is 36.4. The predicted molar refractivity (Wildman–Crippen MR) is 133 cm³/mol. The zero-order chi connectivity index (χ0) is 25.0. The molecule has 3 aromatic carbocycles. The van der Waals surface area contributed by atoms with E-state index in [1.807, 2.05) is 26.0 Å². The third-order valence-electron chi connectivity index (χ3n) is 4.86. The molecule has 0 unspecified atom stereocenters. The molecule has 0 saturated carbocycles. The largest absolute Gasteiger partial charge is 0.494 e. The van der Waals surface area contributed by atoms with Crippen LogP contribution in [0.25, 0.3) is 0 Å². The zero-order valence-electron chi connectivity index (χ0n) is 19.6. The van der Waals surface area contributed by atoms with Crippen molar-refractivity contribution in [1.29, 1.82) is 0 Å². The average Bonchev–Trinajstić information content (AvgIpc) is 2.87. The molecule has 3 aromatic rings. The van der Waals surface area contributed by atoms with Crippen molar-refractivity contribution in [1.82, 2.24) is 10.7 Å². The molecule has 0 fully saturated rings. The second-order valence-corrected chi connectivity index (χ2v) is 7.62. The fourth-order valence-electron chi connectivity index (χ4n) is 3.00. The van der Waals surface area contributed by atoms with E-state index >= 15 is 0 Å². The Morgan fingerprint density at radius 2 is 1.60 bits per heavy atom. The van der Waals surface area contributed by atoms with Crippen molar-refractivity contribution in [2.75, 3.05) is 13.2 Å². The number of amides is 2. The Kier molecular flexibility index (Phi) is 9.13. The van der Waals surface area contributed by atoms with E-state index in [0.29, 0.717) is 34.8 Å². The Morgan fingerprint density at radius 3 is 2.29 bits per heavy atom. The number of hydrogen-bond donors (Lipinski definition) is 2. The summed E-state index contributed by atoms with van der Waals surface area (Å²) in [6, 6.07) is 20.5. The highest BCUT2D eigenvalue weighted by Gasteiger charge is 2.10. The van der Waals surface area contributed by atoms with Gasteiger partial charge < -0.3 is 14.8 Å². The first-order valence-electron chi connectivity index (χ1n) is 11.2. The van der Waals surface area contributed by atoms with Gasteiger partial charge in [0.1, 0.15) is 11.5 Å². The van der Waals surface area contributed by atoms with E-state index in [4.69, 9.17) is 9.47 Å². The van der Waals surface area contributed by atoms with Crippen LogP contribution in [0.3, 0.4) is 0 Å². The maximum atomic E-state index is 12.3. The molecule has 0 aliphatic heterocycles. The average molecular weight is 474 g/mol. The van der Waals surface area contributed by atoms with E-state index in [2.05, 4.69) is 15.8 Å². The Balaban J connectivity index is 1.44. The summed E-state index contributed by atoms with van der Waals surface area (Å²) < 4.78 is 10.9. The summed E-state index contributed by atoms with van der Waals surface area (Å²) >= 11 is 0. The minimum atomic E-state index is -0.478. The van der Waals surface area contributed by atoms with Crippen molar-refractivity contribution in [3.05, 3.63) is 95.1 Å². The molecule has 8 nitrogen and oxygen atoms in total. The topological polar surface area (TPSA) is 106 Å². The van der Waals surface area contributed by atoms with E-state index in [-0.39, 0.29) is 12.5 Å². The number of benzene rings is 3. The number of aryl methyl sites for hydroxylation is 1. The molecule has 8 heteroatoms. The highest BCUT2D eigenvalue weighted by atomic mass is 16.5. The van der Waals surface area contributed by atoms with Crippen LogP contribution in [0.15, 0.2) is 77.9 Å². The minimum absolute atomic E-state index is 0.203. The smallest absolute Gasteiger partial charge is 0.343 e. The molecular weight excluding hydrogens is 446 g/mol. The van der Waals surface area contributed by atoms with Gasteiger partial charge in [-0.25, -0.2) is 10.2 Å². The quantitative estimate of drug-likeness (QED) is 0.201. The van der Waals surface area contributed by atoms with Gasteiger partial charge >= 0.3 is 5.97 Å². The number of carbonyl (C=O) groups excluding carboxylic acids is 3. The summed E-state index contributed by atoms with van der Waals surface area (Å²) in [6.07, 6.45) is 2.35. The van der Waals surface area contributed by atoms with Crippen molar-refractivity contribution >= 4 is 24.0 Å². The van der Waals surface area contributed by atoms with Crippen LogP contribution in [0.1, 0.15) is 45.2 Å². The van der Waals surface area contributed by atoms with Crippen LogP contribution in [0.2, 0.25) is 0 Å². The summed E-state index contributed by atoms with van der Waals surface area (Å²) in [5, 5.41) is 6.44. The van der Waals surface area contributed by atoms with Gasteiger partial charge in [-0.1, -0.05) is 25.1 Å². The van der Waals surface area contributed by atoms with E-state index in [0.717, 1.165) is 12.0 Å². The van der Waals surface area contributed by atoms with Crippen LogP contribution >= 0.6 is 0 Å². The van der Waals surface area contributed by atoms with Crippen molar-refractivity contribution in [3.63, 3.8) is 0 Å². The van der Waals surface area contributed by atoms with E-state index in [9.17, 15) is 14.4 Å². The van der Waals surface area contributed by atoms with Crippen LogP contribution in [0, 0.1) is 6.92 Å². The highest BCUT2D eigenvalue weighted by Crippen LogP contribution is 2.16. The van der Waals surface area contributed by atoms with Crippen LogP contribution < -0.4 is 20.2 Å². The van der Waals surface area contributed by atoms with Gasteiger partial charge in [-0.15, -0.1) is 0 Å². The Hall–Kier alpha value is -4.46. The predicted octanol–water partition coefficient (Wildman–Crippen LogP) is 3.88. The fraction of sp³-hybridized carbons (Fsp3) is 0.185. The Labute approximate surface area is 204 Å². The summed E-state index contributed by atoms with van der Waals surface area (Å²) in [7, 11) is 0. The van der Waals surface area contributed by atoms with Gasteiger partial charge in [0.2, 0.25) is 0 Å².